The summed E-state index contributed by atoms with van der Waals surface area (Å²) in [6, 6.07) is 0.403. The van der Waals surface area contributed by atoms with E-state index in [9.17, 15) is 0 Å². The van der Waals surface area contributed by atoms with Crippen molar-refractivity contribution >= 4 is 29.9 Å². The van der Waals surface area contributed by atoms with Crippen LogP contribution in [0, 0.1) is 0 Å². The van der Waals surface area contributed by atoms with Crippen molar-refractivity contribution in [2.75, 3.05) is 6.54 Å². The highest BCUT2D eigenvalue weighted by molar-refractivity contribution is 14.0. The first-order chi connectivity index (χ1) is 9.74. The molecule has 2 saturated heterocycles. The van der Waals surface area contributed by atoms with E-state index in [4.69, 9.17) is 4.74 Å². The molecule has 3 atom stereocenters. The van der Waals surface area contributed by atoms with Crippen LogP contribution in [0.2, 0.25) is 0 Å². The molecule has 6 nitrogen and oxygen atoms in total. The third-order valence-corrected chi connectivity index (χ3v) is 3.95. The maximum absolute atomic E-state index is 5.87. The molecule has 1 aromatic rings. The van der Waals surface area contributed by atoms with E-state index in [-0.39, 0.29) is 24.0 Å². The molecular weight excluding hydrogens is 381 g/mol. The number of aliphatic imine (C=N–C) groups is 1. The van der Waals surface area contributed by atoms with Gasteiger partial charge in [0.15, 0.2) is 5.96 Å². The van der Waals surface area contributed by atoms with E-state index in [0.29, 0.717) is 24.8 Å². The van der Waals surface area contributed by atoms with Crippen molar-refractivity contribution in [1.29, 1.82) is 0 Å². The van der Waals surface area contributed by atoms with Crippen LogP contribution in [0.5, 0.6) is 0 Å². The van der Waals surface area contributed by atoms with Gasteiger partial charge in [0.2, 0.25) is 0 Å². The Morgan fingerprint density at radius 1 is 1.52 bits per heavy atom. The molecule has 2 aliphatic heterocycles. The third kappa shape index (κ3) is 4.09. The van der Waals surface area contributed by atoms with Gasteiger partial charge in [-0.1, -0.05) is 0 Å². The van der Waals surface area contributed by atoms with Crippen molar-refractivity contribution in [2.24, 2.45) is 12.0 Å². The summed E-state index contributed by atoms with van der Waals surface area (Å²) in [7, 11) is 1.92. The summed E-state index contributed by atoms with van der Waals surface area (Å²) in [5, 5.41) is 11.0. The molecule has 0 radical (unpaired) electrons. The van der Waals surface area contributed by atoms with Crippen LogP contribution >= 0.6 is 24.0 Å². The number of rotatable bonds is 4. The summed E-state index contributed by atoms with van der Waals surface area (Å²) in [6.07, 6.45) is 8.15. The van der Waals surface area contributed by atoms with Gasteiger partial charge >= 0.3 is 0 Å². The van der Waals surface area contributed by atoms with Gasteiger partial charge in [0.1, 0.15) is 0 Å². The summed E-state index contributed by atoms with van der Waals surface area (Å²) >= 11 is 0. The first kappa shape index (κ1) is 16.5. The zero-order valence-corrected chi connectivity index (χ0v) is 14.9. The van der Waals surface area contributed by atoms with Crippen molar-refractivity contribution < 1.29 is 4.74 Å². The summed E-state index contributed by atoms with van der Waals surface area (Å²) in [6.45, 7) is 3.59. The minimum atomic E-state index is 0. The van der Waals surface area contributed by atoms with Crippen molar-refractivity contribution in [3.8, 4) is 0 Å². The van der Waals surface area contributed by atoms with Crippen molar-refractivity contribution in [3.05, 3.63) is 18.0 Å². The number of fused-ring (bicyclic) bond motifs is 2. The number of halogens is 1. The maximum atomic E-state index is 5.87. The molecule has 2 fully saturated rings. The molecule has 0 amide bonds. The van der Waals surface area contributed by atoms with E-state index in [1.54, 1.807) is 4.68 Å². The van der Waals surface area contributed by atoms with Crippen LogP contribution in [0.15, 0.2) is 17.4 Å². The van der Waals surface area contributed by atoms with Crippen LogP contribution in [-0.4, -0.2) is 40.5 Å². The van der Waals surface area contributed by atoms with Gasteiger partial charge in [-0.25, -0.2) is 4.99 Å². The monoisotopic (exact) mass is 405 g/mol. The Morgan fingerprint density at radius 2 is 2.38 bits per heavy atom. The lowest BCUT2D eigenvalue weighted by atomic mass is 9.96. The number of hydrogen-bond acceptors (Lipinski definition) is 3. The number of guanidine groups is 1. The predicted octanol–water partition coefficient (Wildman–Crippen LogP) is 1.41. The highest BCUT2D eigenvalue weighted by atomic mass is 127. The Labute approximate surface area is 142 Å². The van der Waals surface area contributed by atoms with Crippen LogP contribution in [0.4, 0.5) is 0 Å². The van der Waals surface area contributed by atoms with Gasteiger partial charge in [0, 0.05) is 25.4 Å². The largest absolute Gasteiger partial charge is 0.373 e. The molecule has 2 bridgehead atoms. The van der Waals surface area contributed by atoms with Crippen LogP contribution < -0.4 is 10.6 Å². The smallest absolute Gasteiger partial charge is 0.191 e. The fraction of sp³-hybridized carbons (Fsp3) is 0.714. The molecule has 1 aromatic heterocycles. The molecule has 0 aliphatic carbocycles. The molecule has 3 heterocycles. The van der Waals surface area contributed by atoms with Crippen LogP contribution in [0.1, 0.15) is 31.7 Å². The first-order valence-electron chi connectivity index (χ1n) is 7.42. The van der Waals surface area contributed by atoms with Gasteiger partial charge in [-0.05, 0) is 26.2 Å². The van der Waals surface area contributed by atoms with Crippen molar-refractivity contribution in [3.63, 3.8) is 0 Å². The van der Waals surface area contributed by atoms with E-state index in [1.807, 2.05) is 19.4 Å². The third-order valence-electron chi connectivity index (χ3n) is 3.95. The quantitative estimate of drug-likeness (QED) is 0.452. The number of nitrogens with one attached hydrogen (secondary N) is 2. The second kappa shape index (κ2) is 7.44. The summed E-state index contributed by atoms with van der Waals surface area (Å²) < 4.78 is 7.67. The fourth-order valence-electron chi connectivity index (χ4n) is 3.01. The highest BCUT2D eigenvalue weighted by Crippen LogP contribution is 2.34. The van der Waals surface area contributed by atoms with Crippen LogP contribution in [-0.2, 0) is 18.3 Å². The topological polar surface area (TPSA) is 63.5 Å². The number of hydrogen-bond donors (Lipinski definition) is 2. The number of nitrogens with zero attached hydrogens (tertiary/aromatic N) is 3. The molecule has 0 spiro atoms. The van der Waals surface area contributed by atoms with Gasteiger partial charge in [-0.15, -0.1) is 24.0 Å². The molecule has 7 heteroatoms. The van der Waals surface area contributed by atoms with E-state index in [0.717, 1.165) is 24.5 Å². The van der Waals surface area contributed by atoms with E-state index >= 15 is 0 Å². The lowest BCUT2D eigenvalue weighted by Gasteiger charge is -2.22. The zero-order valence-electron chi connectivity index (χ0n) is 12.6. The Balaban J connectivity index is 0.00000161. The van der Waals surface area contributed by atoms with Gasteiger partial charge < -0.3 is 15.4 Å². The molecule has 2 N–H and O–H groups in total. The second-order valence-electron chi connectivity index (χ2n) is 5.58. The normalized spacial score (nSPS) is 27.5. The second-order valence-corrected chi connectivity index (χ2v) is 5.58. The molecule has 3 rings (SSSR count). The zero-order chi connectivity index (χ0) is 13.9. The Hall–Kier alpha value is -0.830. The Kier molecular flexibility index (Phi) is 5.86. The van der Waals surface area contributed by atoms with E-state index in [2.05, 4.69) is 27.6 Å². The summed E-state index contributed by atoms with van der Waals surface area (Å²) in [5.41, 5.74) is 1.12. The minimum Gasteiger partial charge on any atom is -0.373 e. The highest BCUT2D eigenvalue weighted by Gasteiger charge is 2.41. The molecule has 21 heavy (non-hydrogen) atoms. The van der Waals surface area contributed by atoms with E-state index < -0.39 is 0 Å². The average Bonchev–Trinajstić information content (AvgIpc) is 3.13. The minimum absolute atomic E-state index is 0. The fourth-order valence-corrected chi connectivity index (χ4v) is 3.01. The number of ether oxygens (including phenoxy) is 1. The van der Waals surface area contributed by atoms with E-state index in [1.165, 1.54) is 12.8 Å². The molecular formula is C14H24IN5O. The van der Waals surface area contributed by atoms with Gasteiger partial charge in [0.25, 0.3) is 0 Å². The standard InChI is InChI=1S/C14H23N5O.HI/c1-3-15-14(16-7-10-8-17-19(2)9-10)18-12-6-11-4-5-13(12)20-11;/h8-9,11-13H,3-7H2,1-2H3,(H2,15,16,18);1H. The molecule has 2 aliphatic rings. The number of aromatic nitrogens is 2. The summed E-state index contributed by atoms with van der Waals surface area (Å²) in [5.74, 6) is 0.873. The van der Waals surface area contributed by atoms with Gasteiger partial charge in [0.05, 0.1) is 31.0 Å². The van der Waals surface area contributed by atoms with Gasteiger partial charge in [-0.2, -0.15) is 5.10 Å². The summed E-state index contributed by atoms with van der Waals surface area (Å²) in [4.78, 5) is 4.63. The van der Waals surface area contributed by atoms with Gasteiger partial charge in [-0.3, -0.25) is 4.68 Å². The molecule has 118 valence electrons. The predicted molar refractivity (Wildman–Crippen MR) is 92.9 cm³/mol. The Morgan fingerprint density at radius 3 is 2.95 bits per heavy atom. The molecule has 3 unspecified atom stereocenters. The molecule has 0 aromatic carbocycles. The number of aryl methyl sites for hydroxylation is 1. The van der Waals surface area contributed by atoms with Crippen LogP contribution in [0.3, 0.4) is 0 Å². The Bertz CT molecular complexity index is 489. The van der Waals surface area contributed by atoms with Crippen LogP contribution in [0.25, 0.3) is 0 Å². The average molecular weight is 405 g/mol. The first-order valence-corrected chi connectivity index (χ1v) is 7.42. The SMILES string of the molecule is CCNC(=NCc1cnn(C)c1)NC1CC2CCC1O2.I. The lowest BCUT2D eigenvalue weighted by molar-refractivity contribution is 0.0992. The molecule has 0 saturated carbocycles. The van der Waals surface area contributed by atoms with Crippen molar-refractivity contribution in [2.45, 2.75) is 51.0 Å². The lowest BCUT2D eigenvalue weighted by Crippen LogP contribution is -2.47. The van der Waals surface area contributed by atoms with Crippen molar-refractivity contribution in [1.82, 2.24) is 20.4 Å². The maximum Gasteiger partial charge on any atom is 0.191 e.